The Kier molecular flexibility index (Phi) is 6.33. The highest BCUT2D eigenvalue weighted by atomic mass is 79.9. The number of hydrogen-bond acceptors (Lipinski definition) is 3. The van der Waals surface area contributed by atoms with Crippen molar-refractivity contribution in [3.05, 3.63) is 28.2 Å². The first-order chi connectivity index (χ1) is 9.74. The number of aliphatic hydroxyl groups excluding tert-OH is 1. The van der Waals surface area contributed by atoms with Crippen LogP contribution < -0.4 is 10.2 Å². The van der Waals surface area contributed by atoms with Gasteiger partial charge in [0.25, 0.3) is 0 Å². The third kappa shape index (κ3) is 4.76. The van der Waals surface area contributed by atoms with Crippen molar-refractivity contribution < 1.29 is 5.11 Å². The number of rotatable bonds is 9. The SMILES string of the molecule is CCCCN(CCO)c1cc(Br)ccc1CNC1CC1. The summed E-state index contributed by atoms with van der Waals surface area (Å²) in [6.45, 7) is 5.03. The average molecular weight is 341 g/mol. The topological polar surface area (TPSA) is 35.5 Å². The van der Waals surface area contributed by atoms with Crippen molar-refractivity contribution in [3.8, 4) is 0 Å². The molecule has 3 nitrogen and oxygen atoms in total. The van der Waals surface area contributed by atoms with Crippen LogP contribution in [0.5, 0.6) is 0 Å². The normalized spacial score (nSPS) is 14.6. The molecule has 2 rings (SSSR count). The number of anilines is 1. The summed E-state index contributed by atoms with van der Waals surface area (Å²) in [5.41, 5.74) is 2.57. The van der Waals surface area contributed by atoms with E-state index in [1.165, 1.54) is 30.5 Å². The maximum absolute atomic E-state index is 9.32. The van der Waals surface area contributed by atoms with Gasteiger partial charge in [0.2, 0.25) is 0 Å². The molecule has 20 heavy (non-hydrogen) atoms. The van der Waals surface area contributed by atoms with Crippen molar-refractivity contribution in [2.45, 2.75) is 45.2 Å². The summed E-state index contributed by atoms with van der Waals surface area (Å²) in [6, 6.07) is 7.18. The van der Waals surface area contributed by atoms with Crippen molar-refractivity contribution in [2.24, 2.45) is 0 Å². The van der Waals surface area contributed by atoms with Crippen molar-refractivity contribution >= 4 is 21.6 Å². The van der Waals surface area contributed by atoms with Crippen LogP contribution in [-0.2, 0) is 6.54 Å². The second-order valence-corrected chi connectivity index (χ2v) is 6.41. The fourth-order valence-electron chi connectivity index (χ4n) is 2.35. The summed E-state index contributed by atoms with van der Waals surface area (Å²) in [6.07, 6.45) is 4.94. The van der Waals surface area contributed by atoms with E-state index in [0.717, 1.165) is 24.0 Å². The van der Waals surface area contributed by atoms with Crippen LogP contribution in [0.25, 0.3) is 0 Å². The van der Waals surface area contributed by atoms with Crippen LogP contribution in [0.2, 0.25) is 0 Å². The van der Waals surface area contributed by atoms with E-state index in [1.807, 2.05) is 0 Å². The lowest BCUT2D eigenvalue weighted by Crippen LogP contribution is -2.29. The predicted octanol–water partition coefficient (Wildman–Crippen LogP) is 3.30. The molecule has 112 valence electrons. The Balaban J connectivity index is 2.12. The van der Waals surface area contributed by atoms with Crippen LogP contribution in [0.1, 0.15) is 38.2 Å². The molecule has 0 saturated heterocycles. The molecular weight excluding hydrogens is 316 g/mol. The van der Waals surface area contributed by atoms with Crippen molar-refractivity contribution in [1.29, 1.82) is 0 Å². The lowest BCUT2D eigenvalue weighted by Gasteiger charge is -2.27. The molecule has 1 aromatic rings. The van der Waals surface area contributed by atoms with Crippen LogP contribution in [0.3, 0.4) is 0 Å². The number of aliphatic hydroxyl groups is 1. The van der Waals surface area contributed by atoms with Gasteiger partial charge in [-0.3, -0.25) is 0 Å². The lowest BCUT2D eigenvalue weighted by atomic mass is 10.1. The molecule has 0 unspecified atom stereocenters. The van der Waals surface area contributed by atoms with Gasteiger partial charge in [-0.2, -0.15) is 0 Å². The first-order valence-electron chi connectivity index (χ1n) is 7.62. The minimum atomic E-state index is 0.200. The molecule has 2 N–H and O–H groups in total. The number of nitrogens with one attached hydrogen (secondary N) is 1. The molecule has 1 saturated carbocycles. The van der Waals surface area contributed by atoms with Crippen molar-refractivity contribution in [2.75, 3.05) is 24.6 Å². The summed E-state index contributed by atoms with van der Waals surface area (Å²) >= 11 is 3.57. The molecule has 0 bridgehead atoms. The van der Waals surface area contributed by atoms with Gasteiger partial charge >= 0.3 is 0 Å². The van der Waals surface area contributed by atoms with Gasteiger partial charge in [0.05, 0.1) is 6.61 Å². The first-order valence-corrected chi connectivity index (χ1v) is 8.41. The van der Waals surface area contributed by atoms with E-state index in [-0.39, 0.29) is 6.61 Å². The Morgan fingerprint density at radius 3 is 2.80 bits per heavy atom. The number of halogens is 1. The quantitative estimate of drug-likeness (QED) is 0.723. The molecular formula is C16H25BrN2O. The average Bonchev–Trinajstić information content (AvgIpc) is 3.26. The minimum absolute atomic E-state index is 0.200. The third-order valence-electron chi connectivity index (χ3n) is 3.70. The van der Waals surface area contributed by atoms with Gasteiger partial charge < -0.3 is 15.3 Å². The van der Waals surface area contributed by atoms with E-state index < -0.39 is 0 Å². The zero-order valence-electron chi connectivity index (χ0n) is 12.2. The summed E-state index contributed by atoms with van der Waals surface area (Å²) in [7, 11) is 0. The van der Waals surface area contributed by atoms with Gasteiger partial charge in [0, 0.05) is 35.8 Å². The molecule has 0 atom stereocenters. The van der Waals surface area contributed by atoms with E-state index in [4.69, 9.17) is 0 Å². The summed E-state index contributed by atoms with van der Waals surface area (Å²) < 4.78 is 1.10. The fraction of sp³-hybridized carbons (Fsp3) is 0.625. The van der Waals surface area contributed by atoms with E-state index in [9.17, 15) is 5.11 Å². The Morgan fingerprint density at radius 1 is 1.35 bits per heavy atom. The van der Waals surface area contributed by atoms with Gasteiger partial charge in [-0.25, -0.2) is 0 Å². The third-order valence-corrected chi connectivity index (χ3v) is 4.19. The largest absolute Gasteiger partial charge is 0.395 e. The van der Waals surface area contributed by atoms with Gasteiger partial charge in [-0.05, 0) is 37.0 Å². The molecule has 1 aliphatic carbocycles. The molecule has 0 amide bonds. The molecule has 0 aliphatic heterocycles. The van der Waals surface area contributed by atoms with Crippen molar-refractivity contribution in [1.82, 2.24) is 5.32 Å². The molecule has 1 fully saturated rings. The Labute approximate surface area is 130 Å². The standard InChI is InChI=1S/C16H25BrN2O/c1-2-3-8-19(9-10-20)16-11-14(17)5-4-13(16)12-18-15-6-7-15/h4-5,11,15,18,20H,2-3,6-10,12H2,1H3. The zero-order chi connectivity index (χ0) is 14.4. The Hall–Kier alpha value is -0.580. The van der Waals surface area contributed by atoms with Gasteiger partial charge in [0.1, 0.15) is 0 Å². The zero-order valence-corrected chi connectivity index (χ0v) is 13.8. The second kappa shape index (κ2) is 8.01. The molecule has 0 aromatic heterocycles. The van der Waals surface area contributed by atoms with Crippen molar-refractivity contribution in [3.63, 3.8) is 0 Å². The fourth-order valence-corrected chi connectivity index (χ4v) is 2.69. The summed E-state index contributed by atoms with van der Waals surface area (Å²) in [4.78, 5) is 2.30. The highest BCUT2D eigenvalue weighted by Gasteiger charge is 2.21. The van der Waals surface area contributed by atoms with Gasteiger partial charge in [0.15, 0.2) is 0 Å². The molecule has 0 heterocycles. The minimum Gasteiger partial charge on any atom is -0.395 e. The molecule has 4 heteroatoms. The van der Waals surface area contributed by atoms with E-state index in [0.29, 0.717) is 12.6 Å². The van der Waals surface area contributed by atoms with Crippen LogP contribution in [0.4, 0.5) is 5.69 Å². The summed E-state index contributed by atoms with van der Waals surface area (Å²) in [5.74, 6) is 0. The maximum Gasteiger partial charge on any atom is 0.0606 e. The highest BCUT2D eigenvalue weighted by Crippen LogP contribution is 2.27. The number of hydrogen-bond donors (Lipinski definition) is 2. The van der Waals surface area contributed by atoms with Gasteiger partial charge in [-0.1, -0.05) is 35.3 Å². The van der Waals surface area contributed by atoms with E-state index >= 15 is 0 Å². The maximum atomic E-state index is 9.32. The van der Waals surface area contributed by atoms with Crippen LogP contribution in [-0.4, -0.2) is 30.8 Å². The van der Waals surface area contributed by atoms with E-state index in [1.54, 1.807) is 0 Å². The van der Waals surface area contributed by atoms with Crippen LogP contribution >= 0.6 is 15.9 Å². The molecule has 0 radical (unpaired) electrons. The lowest BCUT2D eigenvalue weighted by molar-refractivity contribution is 0.301. The smallest absolute Gasteiger partial charge is 0.0606 e. The van der Waals surface area contributed by atoms with Crippen LogP contribution in [0, 0.1) is 0 Å². The summed E-state index contributed by atoms with van der Waals surface area (Å²) in [5, 5.41) is 12.9. The first kappa shape index (κ1) is 15.8. The second-order valence-electron chi connectivity index (χ2n) is 5.49. The number of unbranched alkanes of at least 4 members (excludes halogenated alkanes) is 1. The highest BCUT2D eigenvalue weighted by molar-refractivity contribution is 9.10. The Morgan fingerprint density at radius 2 is 2.15 bits per heavy atom. The molecule has 1 aromatic carbocycles. The van der Waals surface area contributed by atoms with Gasteiger partial charge in [-0.15, -0.1) is 0 Å². The number of nitrogens with zero attached hydrogens (tertiary/aromatic N) is 1. The number of benzene rings is 1. The molecule has 1 aliphatic rings. The predicted molar refractivity (Wildman–Crippen MR) is 88.2 cm³/mol. The molecule has 0 spiro atoms. The monoisotopic (exact) mass is 340 g/mol. The van der Waals surface area contributed by atoms with E-state index in [2.05, 4.69) is 51.3 Å². The van der Waals surface area contributed by atoms with Crippen LogP contribution in [0.15, 0.2) is 22.7 Å². The Bertz CT molecular complexity index is 421.